The lowest BCUT2D eigenvalue weighted by atomic mass is 9.95. The van der Waals surface area contributed by atoms with Gasteiger partial charge >= 0.3 is 0 Å². The molecule has 0 radical (unpaired) electrons. The summed E-state index contributed by atoms with van der Waals surface area (Å²) in [6.45, 7) is 0.0998. The van der Waals surface area contributed by atoms with E-state index < -0.39 is 6.04 Å². The number of H-pyrrole nitrogens is 2. The second kappa shape index (κ2) is 11.7. The molecule has 2 aromatic carbocycles. The molecule has 41 heavy (non-hydrogen) atoms. The van der Waals surface area contributed by atoms with Crippen LogP contribution in [0.2, 0.25) is 0 Å². The highest BCUT2D eigenvalue weighted by atomic mass is 16.2. The van der Waals surface area contributed by atoms with Crippen LogP contribution in [0, 0.1) is 5.92 Å². The minimum Gasteiger partial charge on any atom is -0.353 e. The summed E-state index contributed by atoms with van der Waals surface area (Å²) in [6.07, 6.45) is 4.96. The highest BCUT2D eigenvalue weighted by Gasteiger charge is 2.39. The highest BCUT2D eigenvalue weighted by Crippen LogP contribution is 2.37. The van der Waals surface area contributed by atoms with Crippen LogP contribution in [0.5, 0.6) is 0 Å². The Morgan fingerprint density at radius 2 is 1.76 bits per heavy atom. The fraction of sp³-hybridized carbons (Fsp3) is 0.333. The van der Waals surface area contributed by atoms with Crippen LogP contribution in [0.1, 0.15) is 64.9 Å². The van der Waals surface area contributed by atoms with E-state index in [1.165, 1.54) is 0 Å². The van der Waals surface area contributed by atoms with Gasteiger partial charge in [0.25, 0.3) is 5.91 Å². The third-order valence-corrected chi connectivity index (χ3v) is 7.98. The molecule has 2 aliphatic rings. The molecular weight excluding hydrogens is 520 g/mol. The molecule has 11 nitrogen and oxygen atoms in total. The van der Waals surface area contributed by atoms with E-state index in [1.54, 1.807) is 11.0 Å². The summed E-state index contributed by atoms with van der Waals surface area (Å²) in [6, 6.07) is 19.9. The predicted octanol–water partition coefficient (Wildman–Crippen LogP) is 3.01. The summed E-state index contributed by atoms with van der Waals surface area (Å²) in [5.41, 5.74) is 3.75. The van der Waals surface area contributed by atoms with Crippen molar-refractivity contribution in [1.29, 1.82) is 0 Å². The average Bonchev–Trinajstić information content (AvgIpc) is 3.81. The molecule has 3 amide bonds. The van der Waals surface area contributed by atoms with Gasteiger partial charge in [0.05, 0.1) is 19.0 Å². The molecule has 0 spiro atoms. The number of anilines is 1. The van der Waals surface area contributed by atoms with Crippen LogP contribution in [0.3, 0.4) is 0 Å². The van der Waals surface area contributed by atoms with E-state index in [-0.39, 0.29) is 36.2 Å². The summed E-state index contributed by atoms with van der Waals surface area (Å²) < 4.78 is 0. The normalized spacial score (nSPS) is 17.3. The predicted molar refractivity (Wildman–Crippen MR) is 151 cm³/mol. The number of benzene rings is 2. The van der Waals surface area contributed by atoms with Crippen molar-refractivity contribution < 1.29 is 14.4 Å². The molecule has 4 aromatic rings. The summed E-state index contributed by atoms with van der Waals surface area (Å²) in [5.74, 6) is -0.0206. The smallest absolute Gasteiger partial charge is 0.275 e. The van der Waals surface area contributed by atoms with Gasteiger partial charge in [-0.05, 0) is 48.1 Å². The summed E-state index contributed by atoms with van der Waals surface area (Å²) in [4.78, 5) is 45.1. The number of para-hydroxylation sites is 1. The second-order valence-corrected chi connectivity index (χ2v) is 10.6. The highest BCUT2D eigenvalue weighted by molar-refractivity contribution is 6.10. The first-order valence-electron chi connectivity index (χ1n) is 14.0. The molecule has 2 aromatic heterocycles. The molecule has 1 aliphatic carbocycles. The van der Waals surface area contributed by atoms with Gasteiger partial charge in [0, 0.05) is 17.8 Å². The van der Waals surface area contributed by atoms with Gasteiger partial charge in [0.1, 0.15) is 11.7 Å². The van der Waals surface area contributed by atoms with Crippen LogP contribution in [-0.2, 0) is 29.0 Å². The molecule has 1 fully saturated rings. The zero-order chi connectivity index (χ0) is 28.2. The fourth-order valence-electron chi connectivity index (χ4n) is 5.98. The Labute approximate surface area is 237 Å². The number of hydrogen-bond acceptors (Lipinski definition) is 6. The third-order valence-electron chi connectivity index (χ3n) is 7.98. The number of carbonyl (C=O) groups excluding carboxylic acids is 3. The molecular formula is C30H32N8O3. The molecule has 11 heteroatoms. The molecule has 2 atom stereocenters. The first kappa shape index (κ1) is 26.4. The van der Waals surface area contributed by atoms with Gasteiger partial charge < -0.3 is 15.6 Å². The number of nitrogens with zero attached hydrogens (tertiary/aromatic N) is 4. The lowest BCUT2D eigenvalue weighted by Gasteiger charge is -2.25. The lowest BCUT2D eigenvalue weighted by molar-refractivity contribution is -0.122. The number of aromatic nitrogens is 5. The topological polar surface area (TPSA) is 149 Å². The number of carbonyl (C=O) groups is 3. The molecule has 0 unspecified atom stereocenters. The largest absolute Gasteiger partial charge is 0.353 e. The van der Waals surface area contributed by atoms with Crippen LogP contribution in [0.25, 0.3) is 0 Å². The van der Waals surface area contributed by atoms with Gasteiger partial charge in [0.15, 0.2) is 5.82 Å². The van der Waals surface area contributed by atoms with Crippen molar-refractivity contribution in [2.75, 3.05) is 4.90 Å². The Kier molecular flexibility index (Phi) is 7.57. The summed E-state index contributed by atoms with van der Waals surface area (Å²) in [7, 11) is 0. The van der Waals surface area contributed by atoms with Crippen LogP contribution < -0.4 is 15.5 Å². The number of hydrogen-bond donors (Lipinski definition) is 4. The van der Waals surface area contributed by atoms with Gasteiger partial charge in [-0.1, -0.05) is 66.6 Å². The Bertz CT molecular complexity index is 1510. The monoisotopic (exact) mass is 552 g/mol. The van der Waals surface area contributed by atoms with E-state index in [0.29, 0.717) is 30.0 Å². The number of aromatic amines is 2. The van der Waals surface area contributed by atoms with Gasteiger partial charge in [0.2, 0.25) is 11.8 Å². The van der Waals surface area contributed by atoms with Crippen molar-refractivity contribution in [2.45, 2.75) is 57.2 Å². The van der Waals surface area contributed by atoms with Gasteiger partial charge in [-0.25, -0.2) is 0 Å². The number of rotatable bonds is 9. The molecule has 6 rings (SSSR count). The Morgan fingerprint density at radius 3 is 2.54 bits per heavy atom. The van der Waals surface area contributed by atoms with Crippen LogP contribution in [0.4, 0.5) is 5.69 Å². The quantitative estimate of drug-likeness (QED) is 0.251. The van der Waals surface area contributed by atoms with Crippen molar-refractivity contribution in [3.8, 4) is 0 Å². The number of nitrogens with one attached hydrogen (secondary N) is 4. The maximum atomic E-state index is 14.0. The summed E-state index contributed by atoms with van der Waals surface area (Å²) in [5, 5.41) is 19.7. The van der Waals surface area contributed by atoms with Gasteiger partial charge in [-0.2, -0.15) is 5.21 Å². The zero-order valence-electron chi connectivity index (χ0n) is 22.5. The second-order valence-electron chi connectivity index (χ2n) is 10.6. The van der Waals surface area contributed by atoms with E-state index in [1.807, 2.05) is 60.7 Å². The molecule has 4 N–H and O–H groups in total. The maximum Gasteiger partial charge on any atom is 0.275 e. The standard InChI is InChI=1S/C30H32N8O3/c39-27(16-19-8-2-1-3-9-19)33-28(20-10-4-5-11-20)22-14-15-23(32-22)30(41)38-24-13-7-6-12-21(24)17-25(38)29(40)31-18-26-34-36-37-35-26/h1-3,6-9,12-15,20,25,28,32H,4-5,10-11,16-18H2,(H,31,40)(H,33,39)(H,34,35,36,37)/t25-,28-/m0/s1. The Hall–Kier alpha value is -4.80. The van der Waals surface area contributed by atoms with E-state index in [9.17, 15) is 14.4 Å². The van der Waals surface area contributed by atoms with Crippen LogP contribution >= 0.6 is 0 Å². The van der Waals surface area contributed by atoms with E-state index in [0.717, 1.165) is 42.5 Å². The molecule has 210 valence electrons. The van der Waals surface area contributed by atoms with E-state index in [4.69, 9.17) is 0 Å². The minimum atomic E-state index is -0.727. The molecule has 3 heterocycles. The van der Waals surface area contributed by atoms with Crippen LogP contribution in [-0.4, -0.2) is 49.4 Å². The Morgan fingerprint density at radius 1 is 0.976 bits per heavy atom. The van der Waals surface area contributed by atoms with Crippen LogP contribution in [0.15, 0.2) is 66.7 Å². The van der Waals surface area contributed by atoms with E-state index >= 15 is 0 Å². The number of fused-ring (bicyclic) bond motifs is 1. The minimum absolute atomic E-state index is 0.0533. The first-order chi connectivity index (χ1) is 20.1. The Balaban J connectivity index is 1.22. The van der Waals surface area contributed by atoms with Crippen molar-refractivity contribution in [3.05, 3.63) is 95.1 Å². The number of amides is 3. The molecule has 0 bridgehead atoms. The van der Waals surface area contributed by atoms with Crippen molar-refractivity contribution in [2.24, 2.45) is 5.92 Å². The maximum absolute atomic E-state index is 14.0. The molecule has 1 aliphatic heterocycles. The first-order valence-corrected chi connectivity index (χ1v) is 14.0. The number of tetrazole rings is 1. The van der Waals surface area contributed by atoms with Crippen molar-refractivity contribution in [3.63, 3.8) is 0 Å². The van der Waals surface area contributed by atoms with Crippen molar-refractivity contribution in [1.82, 2.24) is 36.2 Å². The van der Waals surface area contributed by atoms with Crippen molar-refractivity contribution >= 4 is 23.4 Å². The lowest BCUT2D eigenvalue weighted by Crippen LogP contribution is -2.48. The third kappa shape index (κ3) is 5.74. The zero-order valence-corrected chi connectivity index (χ0v) is 22.5. The fourth-order valence-corrected chi connectivity index (χ4v) is 5.98. The average molecular weight is 553 g/mol. The summed E-state index contributed by atoms with van der Waals surface area (Å²) >= 11 is 0. The van der Waals surface area contributed by atoms with Gasteiger partial charge in [-0.15, -0.1) is 10.2 Å². The van der Waals surface area contributed by atoms with E-state index in [2.05, 4.69) is 36.2 Å². The molecule has 1 saturated carbocycles. The SMILES string of the molecule is O=C(Cc1ccccc1)N[C@H](c1ccc(C(=O)N2c3ccccc3C[C@H]2C(=O)NCc2nn[nH]n2)[nH]1)C1CCCC1. The molecule has 0 saturated heterocycles. The van der Waals surface area contributed by atoms with Gasteiger partial charge in [-0.3, -0.25) is 19.3 Å².